The molecule has 1 heterocycles. The first-order valence-corrected chi connectivity index (χ1v) is 5.04. The number of aliphatic hydroxyl groups excluding tert-OH is 2. The molecule has 0 radical (unpaired) electrons. The van der Waals surface area contributed by atoms with Crippen LogP contribution in [0.2, 0.25) is 0 Å². The molecule has 1 atom stereocenters. The molecule has 16 heavy (non-hydrogen) atoms. The fourth-order valence-electron chi connectivity index (χ4n) is 1.56. The molecular formula is C11H14N2O3. The molecule has 0 amide bonds. The third-order valence-corrected chi connectivity index (χ3v) is 2.45. The van der Waals surface area contributed by atoms with Crippen LogP contribution in [0, 0.1) is 0 Å². The summed E-state index contributed by atoms with van der Waals surface area (Å²) < 4.78 is 5.19. The average molecular weight is 222 g/mol. The minimum absolute atomic E-state index is 0.241. The SMILES string of the molecule is CN(CC(O)CO)c1ccc2ncoc2c1. The summed E-state index contributed by atoms with van der Waals surface area (Å²) in [6, 6.07) is 5.61. The first-order valence-electron chi connectivity index (χ1n) is 5.04. The summed E-state index contributed by atoms with van der Waals surface area (Å²) in [6.07, 6.45) is 0.659. The molecule has 0 aliphatic carbocycles. The minimum atomic E-state index is -0.740. The number of aliphatic hydroxyl groups is 2. The van der Waals surface area contributed by atoms with E-state index in [2.05, 4.69) is 4.98 Å². The van der Waals surface area contributed by atoms with Crippen molar-refractivity contribution in [3.05, 3.63) is 24.6 Å². The van der Waals surface area contributed by atoms with Crippen molar-refractivity contribution in [2.24, 2.45) is 0 Å². The maximum Gasteiger partial charge on any atom is 0.181 e. The van der Waals surface area contributed by atoms with Crippen LogP contribution < -0.4 is 4.90 Å². The Kier molecular flexibility index (Phi) is 3.07. The van der Waals surface area contributed by atoms with Gasteiger partial charge in [-0.3, -0.25) is 0 Å². The zero-order valence-corrected chi connectivity index (χ0v) is 9.00. The van der Waals surface area contributed by atoms with Gasteiger partial charge in [-0.25, -0.2) is 4.98 Å². The highest BCUT2D eigenvalue weighted by Crippen LogP contribution is 2.20. The Morgan fingerprint density at radius 2 is 2.31 bits per heavy atom. The van der Waals surface area contributed by atoms with Crippen LogP contribution in [0.5, 0.6) is 0 Å². The van der Waals surface area contributed by atoms with E-state index >= 15 is 0 Å². The van der Waals surface area contributed by atoms with Gasteiger partial charge in [-0.15, -0.1) is 0 Å². The first kappa shape index (κ1) is 10.9. The number of benzene rings is 1. The van der Waals surface area contributed by atoms with E-state index in [9.17, 15) is 5.11 Å². The van der Waals surface area contributed by atoms with E-state index in [-0.39, 0.29) is 6.61 Å². The third-order valence-electron chi connectivity index (χ3n) is 2.45. The molecule has 0 saturated carbocycles. The second-order valence-electron chi connectivity index (χ2n) is 3.72. The molecule has 5 nitrogen and oxygen atoms in total. The molecule has 0 bridgehead atoms. The molecule has 2 rings (SSSR count). The highest BCUT2D eigenvalue weighted by atomic mass is 16.3. The average Bonchev–Trinajstić information content (AvgIpc) is 2.75. The van der Waals surface area contributed by atoms with Gasteiger partial charge in [0.05, 0.1) is 12.7 Å². The van der Waals surface area contributed by atoms with Crippen LogP contribution in [-0.4, -0.2) is 41.5 Å². The fourth-order valence-corrected chi connectivity index (χ4v) is 1.56. The normalized spacial score (nSPS) is 12.9. The molecule has 5 heteroatoms. The Labute approximate surface area is 92.9 Å². The smallest absolute Gasteiger partial charge is 0.181 e. The number of likely N-dealkylation sites (N-methyl/N-ethyl adjacent to an activating group) is 1. The van der Waals surface area contributed by atoms with Crippen molar-refractivity contribution < 1.29 is 14.6 Å². The minimum Gasteiger partial charge on any atom is -0.443 e. The number of anilines is 1. The van der Waals surface area contributed by atoms with Crippen LogP contribution in [0.15, 0.2) is 29.0 Å². The third kappa shape index (κ3) is 2.15. The zero-order chi connectivity index (χ0) is 11.5. The molecule has 2 N–H and O–H groups in total. The lowest BCUT2D eigenvalue weighted by Crippen LogP contribution is -2.31. The predicted molar refractivity (Wildman–Crippen MR) is 60.4 cm³/mol. The van der Waals surface area contributed by atoms with Crippen molar-refractivity contribution in [3.8, 4) is 0 Å². The molecule has 1 unspecified atom stereocenters. The molecular weight excluding hydrogens is 208 g/mol. The summed E-state index contributed by atoms with van der Waals surface area (Å²) in [5.41, 5.74) is 2.43. The summed E-state index contributed by atoms with van der Waals surface area (Å²) in [6.45, 7) is 0.130. The Morgan fingerprint density at radius 3 is 3.06 bits per heavy atom. The van der Waals surface area contributed by atoms with Crippen LogP contribution in [0.4, 0.5) is 5.69 Å². The number of oxazole rings is 1. The number of hydrogen-bond donors (Lipinski definition) is 2. The van der Waals surface area contributed by atoms with Crippen molar-refractivity contribution in [1.82, 2.24) is 4.98 Å². The van der Waals surface area contributed by atoms with E-state index in [1.54, 1.807) is 0 Å². The van der Waals surface area contributed by atoms with Gasteiger partial charge in [-0.05, 0) is 12.1 Å². The molecule has 86 valence electrons. The van der Waals surface area contributed by atoms with E-state index < -0.39 is 6.10 Å². The van der Waals surface area contributed by atoms with Gasteiger partial charge in [-0.2, -0.15) is 0 Å². The molecule has 0 fully saturated rings. The fraction of sp³-hybridized carbons (Fsp3) is 0.364. The number of hydrogen-bond acceptors (Lipinski definition) is 5. The van der Waals surface area contributed by atoms with Gasteiger partial charge in [0.25, 0.3) is 0 Å². The van der Waals surface area contributed by atoms with Gasteiger partial charge in [-0.1, -0.05) is 0 Å². The second kappa shape index (κ2) is 4.51. The lowest BCUT2D eigenvalue weighted by atomic mass is 10.2. The second-order valence-corrected chi connectivity index (χ2v) is 3.72. The molecule has 1 aromatic heterocycles. The quantitative estimate of drug-likeness (QED) is 0.793. The van der Waals surface area contributed by atoms with Gasteiger partial charge >= 0.3 is 0 Å². The van der Waals surface area contributed by atoms with Crippen LogP contribution in [0.25, 0.3) is 11.1 Å². The number of aromatic nitrogens is 1. The molecule has 0 aliphatic heterocycles. The van der Waals surface area contributed by atoms with Crippen LogP contribution in [0.3, 0.4) is 0 Å². The Hall–Kier alpha value is -1.59. The van der Waals surface area contributed by atoms with Crippen molar-refractivity contribution in [1.29, 1.82) is 0 Å². The van der Waals surface area contributed by atoms with E-state index in [0.29, 0.717) is 12.1 Å². The molecule has 2 aromatic rings. The van der Waals surface area contributed by atoms with Crippen molar-refractivity contribution >= 4 is 16.8 Å². The monoisotopic (exact) mass is 222 g/mol. The Balaban J connectivity index is 2.18. The van der Waals surface area contributed by atoms with Gasteiger partial charge < -0.3 is 19.5 Å². The summed E-state index contributed by atoms with van der Waals surface area (Å²) in [7, 11) is 1.84. The summed E-state index contributed by atoms with van der Waals surface area (Å²) >= 11 is 0. The molecule has 1 aromatic carbocycles. The number of nitrogens with zero attached hydrogens (tertiary/aromatic N) is 2. The lowest BCUT2D eigenvalue weighted by Gasteiger charge is -2.21. The molecule has 0 spiro atoms. The topological polar surface area (TPSA) is 69.7 Å². The Morgan fingerprint density at radius 1 is 1.50 bits per heavy atom. The summed E-state index contributed by atoms with van der Waals surface area (Å²) in [5, 5.41) is 18.1. The zero-order valence-electron chi connectivity index (χ0n) is 9.00. The van der Waals surface area contributed by atoms with Crippen molar-refractivity contribution in [3.63, 3.8) is 0 Å². The van der Waals surface area contributed by atoms with E-state index in [1.165, 1.54) is 6.39 Å². The first-order chi connectivity index (χ1) is 7.70. The largest absolute Gasteiger partial charge is 0.443 e. The van der Waals surface area contributed by atoms with Gasteiger partial charge in [0, 0.05) is 25.3 Å². The Bertz CT molecular complexity index is 469. The van der Waals surface area contributed by atoms with Crippen molar-refractivity contribution in [2.75, 3.05) is 25.1 Å². The maximum absolute atomic E-state index is 9.34. The number of rotatable bonds is 4. The standard InChI is InChI=1S/C11H14N2O3/c1-13(5-9(15)6-14)8-2-3-10-11(4-8)16-7-12-10/h2-4,7,9,14-15H,5-6H2,1H3. The molecule has 0 saturated heterocycles. The van der Waals surface area contributed by atoms with E-state index in [1.807, 2.05) is 30.1 Å². The van der Waals surface area contributed by atoms with Crippen LogP contribution >= 0.6 is 0 Å². The summed E-state index contributed by atoms with van der Waals surface area (Å²) in [5.74, 6) is 0. The van der Waals surface area contributed by atoms with Crippen LogP contribution in [0.1, 0.15) is 0 Å². The molecule has 0 aliphatic rings. The lowest BCUT2D eigenvalue weighted by molar-refractivity contribution is 0.101. The van der Waals surface area contributed by atoms with E-state index in [0.717, 1.165) is 11.2 Å². The summed E-state index contributed by atoms with van der Waals surface area (Å²) in [4.78, 5) is 5.87. The van der Waals surface area contributed by atoms with Crippen LogP contribution in [-0.2, 0) is 0 Å². The van der Waals surface area contributed by atoms with Gasteiger partial charge in [0.1, 0.15) is 5.52 Å². The highest BCUT2D eigenvalue weighted by Gasteiger charge is 2.09. The maximum atomic E-state index is 9.34. The van der Waals surface area contributed by atoms with Gasteiger partial charge in [0.15, 0.2) is 12.0 Å². The number of fused-ring (bicyclic) bond motifs is 1. The highest BCUT2D eigenvalue weighted by molar-refractivity contribution is 5.76. The van der Waals surface area contributed by atoms with Crippen molar-refractivity contribution in [2.45, 2.75) is 6.10 Å². The van der Waals surface area contributed by atoms with Gasteiger partial charge in [0.2, 0.25) is 0 Å². The predicted octanol–water partition coefficient (Wildman–Crippen LogP) is 0.617. The van der Waals surface area contributed by atoms with E-state index in [4.69, 9.17) is 9.52 Å².